The molecule has 1 N–H and O–H groups in total. The normalized spacial score (nSPS) is 11.1. The summed E-state index contributed by atoms with van der Waals surface area (Å²) in [6.07, 6.45) is 0.117. The van der Waals surface area contributed by atoms with E-state index in [1.807, 2.05) is 0 Å². The van der Waals surface area contributed by atoms with Gasteiger partial charge in [0.2, 0.25) is 5.91 Å². The quantitative estimate of drug-likeness (QED) is 0.651. The maximum Gasteiger partial charge on any atom is 0.362 e. The zero-order valence-corrected chi connectivity index (χ0v) is 7.27. The topological polar surface area (TPSA) is 72.5 Å². The zero-order valence-electron chi connectivity index (χ0n) is 6.46. The second-order valence-electron chi connectivity index (χ2n) is 1.74. The Morgan fingerprint density at radius 2 is 2.00 bits per heavy atom. The highest BCUT2D eigenvalue weighted by Gasteiger charge is 2.11. The Bertz CT molecular complexity index is 221. The second-order valence-corrected chi connectivity index (χ2v) is 3.09. The standard InChI is InChI=1S/C5H11NO4S/c1-3-5(7)6-11(8,9)10-4-2/h3-4H2,1-2H3,(H,6,7). The van der Waals surface area contributed by atoms with Crippen LogP contribution in [-0.2, 0) is 19.3 Å². The predicted octanol–water partition coefficient (Wildman–Crippen LogP) is -0.206. The summed E-state index contributed by atoms with van der Waals surface area (Å²) in [5.41, 5.74) is 0. The summed E-state index contributed by atoms with van der Waals surface area (Å²) in [6, 6.07) is 0. The minimum absolute atomic E-state index is 0.0202. The molecule has 66 valence electrons. The van der Waals surface area contributed by atoms with Crippen molar-refractivity contribution in [2.75, 3.05) is 6.61 Å². The van der Waals surface area contributed by atoms with Crippen molar-refractivity contribution in [1.82, 2.24) is 4.72 Å². The molecule has 0 aromatic rings. The summed E-state index contributed by atoms with van der Waals surface area (Å²) in [6.45, 7) is 3.10. The summed E-state index contributed by atoms with van der Waals surface area (Å²) in [5.74, 6) is -0.571. The van der Waals surface area contributed by atoms with Crippen LogP contribution >= 0.6 is 0 Å². The van der Waals surface area contributed by atoms with Crippen molar-refractivity contribution in [2.24, 2.45) is 0 Å². The molecule has 0 aromatic carbocycles. The van der Waals surface area contributed by atoms with Crippen LogP contribution in [0, 0.1) is 0 Å². The number of hydrogen-bond donors (Lipinski definition) is 1. The molecule has 0 atom stereocenters. The van der Waals surface area contributed by atoms with Gasteiger partial charge in [-0.3, -0.25) is 8.98 Å². The Balaban J connectivity index is 4.03. The first-order chi connectivity index (χ1) is 5.02. The Morgan fingerprint density at radius 3 is 2.36 bits per heavy atom. The van der Waals surface area contributed by atoms with Crippen LogP contribution in [0.2, 0.25) is 0 Å². The maximum absolute atomic E-state index is 10.6. The van der Waals surface area contributed by atoms with Gasteiger partial charge in [0.05, 0.1) is 6.61 Å². The average Bonchev–Trinajstić information content (AvgIpc) is 1.86. The molecule has 0 bridgehead atoms. The summed E-state index contributed by atoms with van der Waals surface area (Å²) in [4.78, 5) is 10.5. The van der Waals surface area contributed by atoms with Gasteiger partial charge in [-0.15, -0.1) is 0 Å². The van der Waals surface area contributed by atoms with Gasteiger partial charge in [0.1, 0.15) is 0 Å². The van der Waals surface area contributed by atoms with Gasteiger partial charge >= 0.3 is 10.3 Å². The van der Waals surface area contributed by atoms with Crippen molar-refractivity contribution in [3.05, 3.63) is 0 Å². The molecule has 0 spiro atoms. The summed E-state index contributed by atoms with van der Waals surface area (Å²) in [7, 11) is -3.84. The molecular weight excluding hydrogens is 170 g/mol. The lowest BCUT2D eigenvalue weighted by Gasteiger charge is -2.02. The molecular formula is C5H11NO4S. The Labute approximate surface area is 66.0 Å². The third-order valence-electron chi connectivity index (χ3n) is 0.833. The van der Waals surface area contributed by atoms with E-state index in [2.05, 4.69) is 4.18 Å². The smallest absolute Gasteiger partial charge is 0.274 e. The predicted molar refractivity (Wildman–Crippen MR) is 39.0 cm³/mol. The highest BCUT2D eigenvalue weighted by Crippen LogP contribution is 1.87. The van der Waals surface area contributed by atoms with Crippen molar-refractivity contribution in [2.45, 2.75) is 20.3 Å². The molecule has 0 aliphatic rings. The Morgan fingerprint density at radius 1 is 1.45 bits per heavy atom. The van der Waals surface area contributed by atoms with Gasteiger partial charge in [-0.2, -0.15) is 8.42 Å². The SMILES string of the molecule is CCOS(=O)(=O)NC(=O)CC. The fraction of sp³-hybridized carbons (Fsp3) is 0.800. The van der Waals surface area contributed by atoms with E-state index in [0.717, 1.165) is 0 Å². The van der Waals surface area contributed by atoms with Crippen LogP contribution in [-0.4, -0.2) is 20.9 Å². The van der Waals surface area contributed by atoms with Crippen LogP contribution in [0.25, 0.3) is 0 Å². The highest BCUT2D eigenvalue weighted by molar-refractivity contribution is 7.85. The maximum atomic E-state index is 10.6. The molecule has 0 saturated carbocycles. The van der Waals surface area contributed by atoms with Crippen LogP contribution in [0.1, 0.15) is 20.3 Å². The van der Waals surface area contributed by atoms with E-state index in [0.29, 0.717) is 0 Å². The number of nitrogens with one attached hydrogen (secondary N) is 1. The van der Waals surface area contributed by atoms with Gasteiger partial charge in [0.15, 0.2) is 0 Å². The van der Waals surface area contributed by atoms with E-state index in [9.17, 15) is 13.2 Å². The molecule has 11 heavy (non-hydrogen) atoms. The van der Waals surface area contributed by atoms with Gasteiger partial charge in [0.25, 0.3) is 0 Å². The molecule has 0 aliphatic carbocycles. The van der Waals surface area contributed by atoms with Crippen molar-refractivity contribution in [1.29, 1.82) is 0 Å². The molecule has 0 rings (SSSR count). The van der Waals surface area contributed by atoms with Crippen LogP contribution < -0.4 is 4.72 Å². The van der Waals surface area contributed by atoms with Gasteiger partial charge in [-0.1, -0.05) is 6.92 Å². The summed E-state index contributed by atoms with van der Waals surface area (Å²) < 4.78 is 27.3. The largest absolute Gasteiger partial charge is 0.362 e. The minimum atomic E-state index is -3.84. The van der Waals surface area contributed by atoms with Crippen molar-refractivity contribution in [3.8, 4) is 0 Å². The minimum Gasteiger partial charge on any atom is -0.274 e. The molecule has 0 radical (unpaired) electrons. The van der Waals surface area contributed by atoms with E-state index >= 15 is 0 Å². The van der Waals surface area contributed by atoms with Crippen LogP contribution in [0.3, 0.4) is 0 Å². The van der Waals surface area contributed by atoms with Crippen molar-refractivity contribution in [3.63, 3.8) is 0 Å². The average molecular weight is 181 g/mol. The van der Waals surface area contributed by atoms with E-state index < -0.39 is 16.2 Å². The van der Waals surface area contributed by atoms with E-state index in [1.54, 1.807) is 11.6 Å². The Kier molecular flexibility index (Phi) is 4.06. The van der Waals surface area contributed by atoms with Crippen LogP contribution in [0.4, 0.5) is 0 Å². The van der Waals surface area contributed by atoms with Crippen molar-refractivity contribution < 1.29 is 17.4 Å². The van der Waals surface area contributed by atoms with E-state index in [4.69, 9.17) is 0 Å². The fourth-order valence-corrected chi connectivity index (χ4v) is 1.19. The molecule has 0 saturated heterocycles. The van der Waals surface area contributed by atoms with Gasteiger partial charge in [0, 0.05) is 6.42 Å². The van der Waals surface area contributed by atoms with Crippen LogP contribution in [0.5, 0.6) is 0 Å². The molecule has 0 aromatic heterocycles. The van der Waals surface area contributed by atoms with Gasteiger partial charge in [-0.05, 0) is 6.92 Å². The zero-order chi connectivity index (χ0) is 8.91. The lowest BCUT2D eigenvalue weighted by atomic mass is 10.5. The molecule has 0 aliphatic heterocycles. The third-order valence-corrected chi connectivity index (χ3v) is 1.86. The molecule has 0 unspecified atom stereocenters. The van der Waals surface area contributed by atoms with Crippen molar-refractivity contribution >= 4 is 16.2 Å². The lowest BCUT2D eigenvalue weighted by Crippen LogP contribution is -2.31. The molecule has 5 nitrogen and oxygen atoms in total. The number of amides is 1. The monoisotopic (exact) mass is 181 g/mol. The number of rotatable bonds is 4. The first-order valence-corrected chi connectivity index (χ1v) is 4.62. The number of carbonyl (C=O) groups excluding carboxylic acids is 1. The first kappa shape index (κ1) is 10.4. The molecule has 6 heteroatoms. The summed E-state index contributed by atoms with van der Waals surface area (Å²) >= 11 is 0. The van der Waals surface area contributed by atoms with Crippen LogP contribution in [0.15, 0.2) is 0 Å². The molecule has 0 fully saturated rings. The van der Waals surface area contributed by atoms with Gasteiger partial charge < -0.3 is 0 Å². The lowest BCUT2D eigenvalue weighted by molar-refractivity contribution is -0.119. The highest BCUT2D eigenvalue weighted by atomic mass is 32.2. The number of hydrogen-bond acceptors (Lipinski definition) is 4. The first-order valence-electron chi connectivity index (χ1n) is 3.21. The second kappa shape index (κ2) is 4.30. The third kappa shape index (κ3) is 4.74. The Hall–Kier alpha value is -0.620. The van der Waals surface area contributed by atoms with E-state index in [-0.39, 0.29) is 13.0 Å². The van der Waals surface area contributed by atoms with Gasteiger partial charge in [-0.25, -0.2) is 4.72 Å². The van der Waals surface area contributed by atoms with E-state index in [1.165, 1.54) is 6.92 Å². The fourth-order valence-electron chi connectivity index (χ4n) is 0.396. The summed E-state index contributed by atoms with van der Waals surface area (Å²) in [5, 5.41) is 0. The molecule has 0 heterocycles. The number of carbonyl (C=O) groups is 1. The molecule has 1 amide bonds.